The lowest BCUT2D eigenvalue weighted by Gasteiger charge is -2.03. The maximum atomic E-state index is 4.96. The molecule has 2 heteroatoms. The van der Waals surface area contributed by atoms with Crippen molar-refractivity contribution >= 4 is 0 Å². The van der Waals surface area contributed by atoms with Crippen molar-refractivity contribution in [1.29, 1.82) is 0 Å². The third-order valence-electron chi connectivity index (χ3n) is 1.75. The second-order valence-electron chi connectivity index (χ2n) is 2.62. The Kier molecular flexibility index (Phi) is 3.89. The summed E-state index contributed by atoms with van der Waals surface area (Å²) >= 11 is 0. The normalized spacial score (nSPS) is 9.08. The molecule has 70 valence electrons. The zero-order valence-corrected chi connectivity index (χ0v) is 7.99. The van der Waals surface area contributed by atoms with Gasteiger partial charge in [-0.15, -0.1) is 0 Å². The lowest BCUT2D eigenvalue weighted by Crippen LogP contribution is -1.90. The minimum atomic E-state index is 0.559. The van der Waals surface area contributed by atoms with E-state index in [1.807, 2.05) is 24.3 Å². The summed E-state index contributed by atoms with van der Waals surface area (Å²) in [6.07, 6.45) is 2.74. The average Bonchev–Trinajstić information content (AvgIpc) is 2.21. The third kappa shape index (κ3) is 3.20. The van der Waals surface area contributed by atoms with Crippen LogP contribution in [0.1, 0.15) is 5.56 Å². The molecule has 1 rings (SSSR count). The molecule has 1 aromatic rings. The van der Waals surface area contributed by atoms with E-state index in [2.05, 4.69) is 12.1 Å². The molecule has 13 heavy (non-hydrogen) atoms. The Morgan fingerprint density at radius 1 is 1.15 bits per heavy atom. The summed E-state index contributed by atoms with van der Waals surface area (Å²) in [5, 5.41) is 0. The Morgan fingerprint density at radius 2 is 1.77 bits per heavy atom. The van der Waals surface area contributed by atoms with Crippen LogP contribution in [-0.2, 0) is 15.9 Å². The fraction of sp³-hybridized carbons (Fsp3) is 0.273. The van der Waals surface area contributed by atoms with E-state index in [4.69, 9.17) is 9.47 Å². The van der Waals surface area contributed by atoms with Gasteiger partial charge in [-0.3, -0.25) is 0 Å². The Labute approximate surface area is 78.8 Å². The predicted molar refractivity (Wildman–Crippen MR) is 52.2 cm³/mol. The number of rotatable bonds is 4. The highest BCUT2D eigenvalue weighted by atomic mass is 16.7. The summed E-state index contributed by atoms with van der Waals surface area (Å²) in [5.74, 6) is 0.559. The highest BCUT2D eigenvalue weighted by Gasteiger charge is 1.93. The fourth-order valence-corrected chi connectivity index (χ4v) is 1.07. The zero-order valence-electron chi connectivity index (χ0n) is 7.99. The van der Waals surface area contributed by atoms with Crippen molar-refractivity contribution in [2.45, 2.75) is 6.42 Å². The van der Waals surface area contributed by atoms with Crippen LogP contribution < -0.4 is 0 Å². The monoisotopic (exact) mass is 178 g/mol. The molecule has 0 N–H and O–H groups in total. The van der Waals surface area contributed by atoms with Gasteiger partial charge in [0, 0.05) is 6.08 Å². The van der Waals surface area contributed by atoms with E-state index in [9.17, 15) is 0 Å². The average molecular weight is 178 g/mol. The van der Waals surface area contributed by atoms with Gasteiger partial charge in [0.25, 0.3) is 5.95 Å². The lowest BCUT2D eigenvalue weighted by molar-refractivity contribution is 0.0942. The topological polar surface area (TPSA) is 18.5 Å². The minimum absolute atomic E-state index is 0.559. The van der Waals surface area contributed by atoms with Crippen molar-refractivity contribution in [3.05, 3.63) is 47.9 Å². The Morgan fingerprint density at radius 3 is 2.31 bits per heavy atom. The molecule has 2 nitrogen and oxygen atoms in total. The van der Waals surface area contributed by atoms with Crippen LogP contribution >= 0.6 is 0 Å². The van der Waals surface area contributed by atoms with E-state index >= 15 is 0 Å². The summed E-state index contributed by atoms with van der Waals surface area (Å²) in [5.41, 5.74) is 1.24. The first kappa shape index (κ1) is 9.65. The van der Waals surface area contributed by atoms with Crippen LogP contribution in [0, 0.1) is 0 Å². The Bertz CT molecular complexity index is 259. The second kappa shape index (κ2) is 5.25. The molecule has 0 saturated heterocycles. The van der Waals surface area contributed by atoms with E-state index in [0.717, 1.165) is 6.42 Å². The van der Waals surface area contributed by atoms with Crippen molar-refractivity contribution < 1.29 is 9.47 Å². The van der Waals surface area contributed by atoms with Gasteiger partial charge < -0.3 is 9.47 Å². The number of ether oxygens (including phenoxy) is 2. The molecule has 0 spiro atoms. The molecule has 0 unspecified atom stereocenters. The SMILES string of the molecule is COC(=CCc1ccccc1)OC. The smallest absolute Gasteiger partial charge is 0.274 e. The summed E-state index contributed by atoms with van der Waals surface area (Å²) in [6, 6.07) is 10.2. The summed E-state index contributed by atoms with van der Waals surface area (Å²) < 4.78 is 9.92. The van der Waals surface area contributed by atoms with E-state index in [0.29, 0.717) is 5.95 Å². The van der Waals surface area contributed by atoms with Gasteiger partial charge in [-0.2, -0.15) is 0 Å². The number of methoxy groups -OCH3 is 2. The number of hydrogen-bond acceptors (Lipinski definition) is 2. The van der Waals surface area contributed by atoms with Crippen molar-refractivity contribution in [2.24, 2.45) is 0 Å². The molecule has 0 heterocycles. The van der Waals surface area contributed by atoms with Crippen LogP contribution in [0.3, 0.4) is 0 Å². The third-order valence-corrected chi connectivity index (χ3v) is 1.75. The molecule has 0 aromatic heterocycles. The van der Waals surface area contributed by atoms with Crippen LogP contribution in [0.2, 0.25) is 0 Å². The molecule has 1 aromatic carbocycles. The molecule has 0 saturated carbocycles. The highest BCUT2D eigenvalue weighted by molar-refractivity contribution is 5.17. The largest absolute Gasteiger partial charge is 0.469 e. The summed E-state index contributed by atoms with van der Waals surface area (Å²) in [7, 11) is 3.20. The maximum Gasteiger partial charge on any atom is 0.274 e. The van der Waals surface area contributed by atoms with Crippen molar-refractivity contribution in [3.63, 3.8) is 0 Å². The highest BCUT2D eigenvalue weighted by Crippen LogP contribution is 2.03. The van der Waals surface area contributed by atoms with Gasteiger partial charge in [0.15, 0.2) is 0 Å². The summed E-state index contributed by atoms with van der Waals surface area (Å²) in [4.78, 5) is 0. The van der Waals surface area contributed by atoms with Gasteiger partial charge >= 0.3 is 0 Å². The molecule has 0 aliphatic heterocycles. The van der Waals surface area contributed by atoms with Crippen LogP contribution in [-0.4, -0.2) is 14.2 Å². The molecule has 0 fully saturated rings. The standard InChI is InChI=1S/C11H14O2/c1-12-11(13-2)9-8-10-6-4-3-5-7-10/h3-7,9H,8H2,1-2H3. The van der Waals surface area contributed by atoms with Gasteiger partial charge in [-0.05, 0) is 12.0 Å². The molecule has 0 aliphatic rings. The molecular weight excluding hydrogens is 164 g/mol. The van der Waals surface area contributed by atoms with Crippen molar-refractivity contribution in [3.8, 4) is 0 Å². The van der Waals surface area contributed by atoms with Gasteiger partial charge in [0.05, 0.1) is 14.2 Å². The van der Waals surface area contributed by atoms with Crippen molar-refractivity contribution in [2.75, 3.05) is 14.2 Å². The Balaban J connectivity index is 2.55. The van der Waals surface area contributed by atoms with E-state index in [-0.39, 0.29) is 0 Å². The predicted octanol–water partition coefficient (Wildman–Crippen LogP) is 2.36. The van der Waals surface area contributed by atoms with Gasteiger partial charge in [0.1, 0.15) is 0 Å². The molecule has 0 amide bonds. The molecule has 0 atom stereocenters. The van der Waals surface area contributed by atoms with Crippen LogP contribution in [0.25, 0.3) is 0 Å². The summed E-state index contributed by atoms with van der Waals surface area (Å²) in [6.45, 7) is 0. The van der Waals surface area contributed by atoms with Gasteiger partial charge in [-0.1, -0.05) is 30.3 Å². The number of benzene rings is 1. The fourth-order valence-electron chi connectivity index (χ4n) is 1.07. The first-order valence-electron chi connectivity index (χ1n) is 4.19. The molecule has 0 bridgehead atoms. The zero-order chi connectivity index (χ0) is 9.52. The number of hydrogen-bond donors (Lipinski definition) is 0. The number of allylic oxidation sites excluding steroid dienone is 1. The van der Waals surface area contributed by atoms with Crippen LogP contribution in [0.5, 0.6) is 0 Å². The lowest BCUT2D eigenvalue weighted by atomic mass is 10.1. The van der Waals surface area contributed by atoms with E-state index in [1.54, 1.807) is 14.2 Å². The van der Waals surface area contributed by atoms with Gasteiger partial charge in [-0.25, -0.2) is 0 Å². The molecular formula is C11H14O2. The van der Waals surface area contributed by atoms with Crippen molar-refractivity contribution in [1.82, 2.24) is 0 Å². The quantitative estimate of drug-likeness (QED) is 0.659. The van der Waals surface area contributed by atoms with E-state index in [1.165, 1.54) is 5.56 Å². The first-order valence-corrected chi connectivity index (χ1v) is 4.19. The molecule has 0 radical (unpaired) electrons. The molecule has 0 aliphatic carbocycles. The Hall–Kier alpha value is -1.44. The minimum Gasteiger partial charge on any atom is -0.469 e. The van der Waals surface area contributed by atoms with Gasteiger partial charge in [0.2, 0.25) is 0 Å². The van der Waals surface area contributed by atoms with E-state index < -0.39 is 0 Å². The first-order chi connectivity index (χ1) is 6.36. The van der Waals surface area contributed by atoms with Crippen LogP contribution in [0.15, 0.2) is 42.4 Å². The maximum absolute atomic E-state index is 4.96. The second-order valence-corrected chi connectivity index (χ2v) is 2.62. The van der Waals surface area contributed by atoms with Crippen LogP contribution in [0.4, 0.5) is 0 Å².